The van der Waals surface area contributed by atoms with Gasteiger partial charge in [0, 0.05) is 12.0 Å². The van der Waals surface area contributed by atoms with Crippen LogP contribution < -0.4 is 4.74 Å². The highest BCUT2D eigenvalue weighted by atomic mass is 16.6. The molecule has 3 rings (SSSR count). The van der Waals surface area contributed by atoms with Crippen LogP contribution in [0.1, 0.15) is 36.2 Å². The van der Waals surface area contributed by atoms with Crippen LogP contribution in [-0.4, -0.2) is 85.2 Å². The van der Waals surface area contributed by atoms with Crippen LogP contribution in [0.5, 0.6) is 17.2 Å². The number of aliphatic hydroxyl groups excluding tert-OH is 2. The number of carbonyl (C=O) groups excluding carboxylic acids is 1. The molecular weight excluding hydrogens is 456 g/mol. The van der Waals surface area contributed by atoms with E-state index in [2.05, 4.69) is 6.92 Å². The second-order valence-electron chi connectivity index (χ2n) is 8.84. The molecule has 0 spiro atoms. The van der Waals surface area contributed by atoms with Gasteiger partial charge in [-0.1, -0.05) is 13.8 Å². The first-order valence-electron chi connectivity index (χ1n) is 12.1. The third-order valence-corrected chi connectivity index (χ3v) is 6.26. The van der Waals surface area contributed by atoms with E-state index in [1.54, 1.807) is 6.07 Å². The topological polar surface area (TPSA) is 135 Å². The minimum absolute atomic E-state index is 0.0606. The average Bonchev–Trinajstić information content (AvgIpc) is 2.81. The number of rotatable bonds is 14. The smallest absolute Gasteiger partial charge is 0.170 e. The molecule has 0 bridgehead atoms. The molecule has 2 aromatic rings. The summed E-state index contributed by atoms with van der Waals surface area (Å²) in [5.74, 6) is 0.154. The number of aromatic hydroxyl groups is 2. The second-order valence-corrected chi connectivity index (χ2v) is 8.84. The Kier molecular flexibility index (Phi) is 10.1. The van der Waals surface area contributed by atoms with Crippen LogP contribution in [0.3, 0.4) is 0 Å². The molecule has 4 N–H and O–H groups in total. The molecule has 1 aliphatic rings. The summed E-state index contributed by atoms with van der Waals surface area (Å²) in [5.41, 5.74) is 1.13. The van der Waals surface area contributed by atoms with E-state index in [0.29, 0.717) is 62.6 Å². The second kappa shape index (κ2) is 13.0. The largest absolute Gasteiger partial charge is 0.507 e. The van der Waals surface area contributed by atoms with E-state index in [1.807, 2.05) is 13.0 Å². The summed E-state index contributed by atoms with van der Waals surface area (Å²) < 4.78 is 21.7. The molecule has 3 atom stereocenters. The molecule has 0 heterocycles. The number of hydrogen-bond donors (Lipinski definition) is 4. The summed E-state index contributed by atoms with van der Waals surface area (Å²) in [6.45, 7) is 5.76. The van der Waals surface area contributed by atoms with Gasteiger partial charge in [-0.3, -0.25) is 4.79 Å². The first-order chi connectivity index (χ1) is 16.9. The van der Waals surface area contributed by atoms with Crippen LogP contribution in [0.25, 0.3) is 10.8 Å². The number of ketones is 1. The predicted molar refractivity (Wildman–Crippen MR) is 129 cm³/mol. The van der Waals surface area contributed by atoms with Crippen molar-refractivity contribution in [3.63, 3.8) is 0 Å². The van der Waals surface area contributed by atoms with Gasteiger partial charge >= 0.3 is 0 Å². The minimum atomic E-state index is -0.875. The zero-order valence-corrected chi connectivity index (χ0v) is 20.4. The fourth-order valence-electron chi connectivity index (χ4n) is 4.50. The Balaban J connectivity index is 1.48. The number of carbonyl (C=O) groups is 1. The highest BCUT2D eigenvalue weighted by molar-refractivity contribution is 6.09. The normalized spacial score (nSPS) is 18.6. The Bertz CT molecular complexity index is 991. The zero-order chi connectivity index (χ0) is 25.4. The number of phenols is 2. The molecule has 35 heavy (non-hydrogen) atoms. The summed E-state index contributed by atoms with van der Waals surface area (Å²) in [5, 5.41) is 40.1. The van der Waals surface area contributed by atoms with E-state index in [1.165, 1.54) is 6.07 Å². The van der Waals surface area contributed by atoms with Crippen molar-refractivity contribution in [3.8, 4) is 17.2 Å². The Morgan fingerprint density at radius 2 is 1.66 bits per heavy atom. The zero-order valence-electron chi connectivity index (χ0n) is 20.4. The van der Waals surface area contributed by atoms with E-state index in [-0.39, 0.29) is 54.3 Å². The molecular formula is C26H36O9. The lowest BCUT2D eigenvalue weighted by Gasteiger charge is -2.29. The van der Waals surface area contributed by atoms with Crippen LogP contribution in [0.4, 0.5) is 0 Å². The number of hydrogen-bond acceptors (Lipinski definition) is 9. The summed E-state index contributed by atoms with van der Waals surface area (Å²) in [6, 6.07) is 5.03. The Hall–Kier alpha value is -2.43. The molecule has 0 amide bonds. The first-order valence-corrected chi connectivity index (χ1v) is 12.1. The fourth-order valence-corrected chi connectivity index (χ4v) is 4.50. The van der Waals surface area contributed by atoms with Crippen LogP contribution >= 0.6 is 0 Å². The average molecular weight is 493 g/mol. The number of ether oxygens (including phenoxy) is 4. The summed E-state index contributed by atoms with van der Waals surface area (Å²) in [6.07, 6.45) is 0.538. The van der Waals surface area contributed by atoms with Crippen molar-refractivity contribution in [2.75, 3.05) is 52.9 Å². The predicted octanol–water partition coefficient (Wildman–Crippen LogP) is 2.43. The standard InChI is InChI=1S/C26H36O9/c1-3-21-16(2)10-17-11-18-12-20(13-22(29)23(18)26(31)24(17)25(21)30)35-9-8-33-5-4-32-6-7-34-15-19(28)14-27/h11-13,16,19,21,27-29,31H,3-10,14-15H2,1-2H3/t16-,19+,21+/m1/s1. The highest BCUT2D eigenvalue weighted by Gasteiger charge is 2.35. The number of benzene rings is 2. The van der Waals surface area contributed by atoms with Crippen molar-refractivity contribution in [1.82, 2.24) is 0 Å². The number of Topliss-reactive ketones (excluding diaryl/α,β-unsaturated/α-hetero) is 1. The molecule has 0 fully saturated rings. The van der Waals surface area contributed by atoms with Crippen molar-refractivity contribution in [2.24, 2.45) is 11.8 Å². The van der Waals surface area contributed by atoms with Crippen LogP contribution in [0, 0.1) is 11.8 Å². The fraction of sp³-hybridized carbons (Fsp3) is 0.577. The maximum Gasteiger partial charge on any atom is 0.170 e. The van der Waals surface area contributed by atoms with Crippen molar-refractivity contribution in [2.45, 2.75) is 32.8 Å². The van der Waals surface area contributed by atoms with Gasteiger partial charge in [-0.2, -0.15) is 0 Å². The van der Waals surface area contributed by atoms with E-state index in [4.69, 9.17) is 29.2 Å². The van der Waals surface area contributed by atoms with Crippen molar-refractivity contribution in [1.29, 1.82) is 0 Å². The molecule has 0 radical (unpaired) electrons. The molecule has 0 saturated heterocycles. The maximum absolute atomic E-state index is 12.9. The molecule has 9 heteroatoms. The SMILES string of the molecule is CC[C@@H]1C(=O)c2c(cc3cc(OCCOCCOCCOC[C@@H](O)CO)cc(O)c3c2O)C[C@H]1C. The number of fused-ring (bicyclic) bond motifs is 2. The highest BCUT2D eigenvalue weighted by Crippen LogP contribution is 2.44. The lowest BCUT2D eigenvalue weighted by molar-refractivity contribution is -0.0240. The van der Waals surface area contributed by atoms with E-state index >= 15 is 0 Å². The van der Waals surface area contributed by atoms with Gasteiger partial charge in [-0.05, 0) is 41.8 Å². The Morgan fingerprint density at radius 1 is 1.00 bits per heavy atom. The lowest BCUT2D eigenvalue weighted by atomic mass is 9.73. The van der Waals surface area contributed by atoms with Crippen LogP contribution in [-0.2, 0) is 20.6 Å². The first kappa shape index (κ1) is 27.2. The summed E-state index contributed by atoms with van der Waals surface area (Å²) in [7, 11) is 0. The number of phenolic OH excluding ortho intramolecular Hbond substituents is 2. The van der Waals surface area contributed by atoms with Gasteiger partial charge in [0.2, 0.25) is 0 Å². The third kappa shape index (κ3) is 6.83. The van der Waals surface area contributed by atoms with Gasteiger partial charge in [-0.15, -0.1) is 0 Å². The van der Waals surface area contributed by atoms with Gasteiger partial charge in [0.15, 0.2) is 5.78 Å². The minimum Gasteiger partial charge on any atom is -0.507 e. The summed E-state index contributed by atoms with van der Waals surface area (Å²) >= 11 is 0. The summed E-state index contributed by atoms with van der Waals surface area (Å²) in [4.78, 5) is 12.9. The molecule has 0 aliphatic heterocycles. The van der Waals surface area contributed by atoms with Crippen molar-refractivity contribution >= 4 is 16.6 Å². The molecule has 194 valence electrons. The van der Waals surface area contributed by atoms with E-state index in [0.717, 1.165) is 5.56 Å². The van der Waals surface area contributed by atoms with E-state index < -0.39 is 6.10 Å². The third-order valence-electron chi connectivity index (χ3n) is 6.26. The molecule has 0 aromatic heterocycles. The lowest BCUT2D eigenvalue weighted by Crippen LogP contribution is -2.29. The monoisotopic (exact) mass is 492 g/mol. The van der Waals surface area contributed by atoms with Crippen LogP contribution in [0.15, 0.2) is 18.2 Å². The molecule has 9 nitrogen and oxygen atoms in total. The molecule has 1 aliphatic carbocycles. The van der Waals surface area contributed by atoms with Crippen LogP contribution in [0.2, 0.25) is 0 Å². The number of aliphatic hydroxyl groups is 2. The maximum atomic E-state index is 12.9. The van der Waals surface area contributed by atoms with Gasteiger partial charge in [0.05, 0.1) is 57.2 Å². The molecule has 2 aromatic carbocycles. The van der Waals surface area contributed by atoms with Crippen molar-refractivity contribution in [3.05, 3.63) is 29.3 Å². The molecule has 0 saturated carbocycles. The Labute approximate surface area is 205 Å². The Morgan fingerprint density at radius 3 is 2.31 bits per heavy atom. The van der Waals surface area contributed by atoms with E-state index in [9.17, 15) is 15.0 Å². The van der Waals surface area contributed by atoms with Gasteiger partial charge in [0.1, 0.15) is 30.0 Å². The van der Waals surface area contributed by atoms with Gasteiger partial charge in [0.25, 0.3) is 0 Å². The van der Waals surface area contributed by atoms with Gasteiger partial charge in [-0.25, -0.2) is 0 Å². The van der Waals surface area contributed by atoms with Crippen molar-refractivity contribution < 1.29 is 44.2 Å². The van der Waals surface area contributed by atoms with Gasteiger partial charge < -0.3 is 39.4 Å². The molecule has 0 unspecified atom stereocenters. The quantitative estimate of drug-likeness (QED) is 0.293.